The minimum absolute atomic E-state index is 0.0800. The second kappa shape index (κ2) is 5.99. The lowest BCUT2D eigenvalue weighted by atomic mass is 10.3. The third-order valence-corrected chi connectivity index (χ3v) is 2.78. The number of hydrogen-bond donors (Lipinski definition) is 1. The standard InChI is InChI=1S/C13H16N4O2/c1-2-3-9-14-13-8-10-15-16(13)11-4-6-12(7-5-11)17(18)19/h4-8,10,14H,2-3,9H2,1H3. The maximum absolute atomic E-state index is 10.6. The van der Waals surface area contributed by atoms with Crippen LogP contribution in [0.5, 0.6) is 0 Å². The van der Waals surface area contributed by atoms with E-state index < -0.39 is 4.92 Å². The van der Waals surface area contributed by atoms with Gasteiger partial charge in [0, 0.05) is 24.7 Å². The van der Waals surface area contributed by atoms with Crippen LogP contribution in [0.4, 0.5) is 11.5 Å². The summed E-state index contributed by atoms with van der Waals surface area (Å²) in [6.45, 7) is 3.02. The number of nitro groups is 1. The first-order valence-corrected chi connectivity index (χ1v) is 6.25. The van der Waals surface area contributed by atoms with Gasteiger partial charge in [-0.1, -0.05) is 13.3 Å². The van der Waals surface area contributed by atoms with E-state index in [-0.39, 0.29) is 5.69 Å². The number of nitrogens with zero attached hydrogens (tertiary/aromatic N) is 3. The van der Waals surface area contributed by atoms with Gasteiger partial charge in [-0.2, -0.15) is 5.10 Å². The second-order valence-corrected chi connectivity index (χ2v) is 4.18. The monoisotopic (exact) mass is 260 g/mol. The van der Waals surface area contributed by atoms with Gasteiger partial charge in [-0.05, 0) is 18.6 Å². The molecule has 19 heavy (non-hydrogen) atoms. The van der Waals surface area contributed by atoms with E-state index in [9.17, 15) is 10.1 Å². The average Bonchev–Trinajstić information content (AvgIpc) is 2.87. The summed E-state index contributed by atoms with van der Waals surface area (Å²) in [6, 6.07) is 8.23. The van der Waals surface area contributed by atoms with E-state index in [1.807, 2.05) is 6.07 Å². The number of aromatic nitrogens is 2. The van der Waals surface area contributed by atoms with Gasteiger partial charge >= 0.3 is 0 Å². The highest BCUT2D eigenvalue weighted by Crippen LogP contribution is 2.18. The Labute approximate surface area is 111 Å². The van der Waals surface area contributed by atoms with Crippen molar-refractivity contribution in [3.8, 4) is 5.69 Å². The Morgan fingerprint density at radius 1 is 1.32 bits per heavy atom. The van der Waals surface area contributed by atoms with Gasteiger partial charge in [0.25, 0.3) is 5.69 Å². The topological polar surface area (TPSA) is 73.0 Å². The van der Waals surface area contributed by atoms with Crippen molar-refractivity contribution in [1.82, 2.24) is 9.78 Å². The van der Waals surface area contributed by atoms with Crippen molar-refractivity contribution >= 4 is 11.5 Å². The molecule has 0 bridgehead atoms. The Hall–Kier alpha value is -2.37. The summed E-state index contributed by atoms with van der Waals surface area (Å²) in [5.41, 5.74) is 0.881. The Balaban J connectivity index is 2.17. The maximum Gasteiger partial charge on any atom is 0.269 e. The van der Waals surface area contributed by atoms with Crippen LogP contribution in [0.2, 0.25) is 0 Å². The Morgan fingerprint density at radius 2 is 2.05 bits per heavy atom. The van der Waals surface area contributed by atoms with Crippen LogP contribution in [0.25, 0.3) is 5.69 Å². The molecule has 6 nitrogen and oxygen atoms in total. The van der Waals surface area contributed by atoms with Gasteiger partial charge in [0.1, 0.15) is 5.82 Å². The molecule has 0 spiro atoms. The van der Waals surface area contributed by atoms with E-state index in [0.717, 1.165) is 30.9 Å². The number of non-ortho nitro benzene ring substituents is 1. The minimum atomic E-state index is -0.409. The molecular formula is C13H16N4O2. The number of rotatable bonds is 6. The van der Waals surface area contributed by atoms with Crippen LogP contribution in [0.15, 0.2) is 36.5 Å². The summed E-state index contributed by atoms with van der Waals surface area (Å²) in [5, 5.41) is 18.1. The molecule has 0 aliphatic heterocycles. The van der Waals surface area contributed by atoms with E-state index in [1.165, 1.54) is 12.1 Å². The number of hydrogen-bond acceptors (Lipinski definition) is 4. The Bertz CT molecular complexity index is 548. The molecule has 6 heteroatoms. The highest BCUT2D eigenvalue weighted by Gasteiger charge is 2.07. The number of nitro benzene ring substituents is 1. The predicted molar refractivity (Wildman–Crippen MR) is 73.6 cm³/mol. The quantitative estimate of drug-likeness (QED) is 0.492. The molecule has 0 fully saturated rings. The fourth-order valence-corrected chi connectivity index (χ4v) is 1.75. The van der Waals surface area contributed by atoms with Crippen LogP contribution in [0, 0.1) is 10.1 Å². The molecular weight excluding hydrogens is 244 g/mol. The molecule has 0 atom stereocenters. The molecule has 1 aromatic carbocycles. The average molecular weight is 260 g/mol. The molecule has 0 unspecified atom stereocenters. The van der Waals surface area contributed by atoms with Crippen molar-refractivity contribution in [3.05, 3.63) is 46.6 Å². The summed E-state index contributed by atoms with van der Waals surface area (Å²) in [6.07, 6.45) is 3.92. The lowest BCUT2D eigenvalue weighted by Crippen LogP contribution is -2.07. The fourth-order valence-electron chi connectivity index (χ4n) is 1.75. The fraction of sp³-hybridized carbons (Fsp3) is 0.308. The molecule has 1 heterocycles. The first kappa shape index (κ1) is 13.1. The van der Waals surface area contributed by atoms with Gasteiger partial charge in [0.15, 0.2) is 0 Å². The number of nitrogens with one attached hydrogen (secondary N) is 1. The van der Waals surface area contributed by atoms with Crippen LogP contribution < -0.4 is 5.32 Å². The third kappa shape index (κ3) is 3.09. The molecule has 0 saturated carbocycles. The van der Waals surface area contributed by atoms with Crippen molar-refractivity contribution in [3.63, 3.8) is 0 Å². The lowest BCUT2D eigenvalue weighted by molar-refractivity contribution is -0.384. The predicted octanol–water partition coefficient (Wildman–Crippen LogP) is 2.99. The highest BCUT2D eigenvalue weighted by molar-refractivity contribution is 5.47. The minimum Gasteiger partial charge on any atom is -0.370 e. The molecule has 100 valence electrons. The summed E-state index contributed by atoms with van der Waals surface area (Å²) in [5.74, 6) is 0.891. The van der Waals surface area contributed by atoms with Crippen molar-refractivity contribution in [2.45, 2.75) is 19.8 Å². The van der Waals surface area contributed by atoms with Gasteiger partial charge in [0.2, 0.25) is 0 Å². The van der Waals surface area contributed by atoms with E-state index in [4.69, 9.17) is 0 Å². The van der Waals surface area contributed by atoms with E-state index in [2.05, 4.69) is 17.3 Å². The first-order chi connectivity index (χ1) is 9.22. The molecule has 0 amide bonds. The van der Waals surface area contributed by atoms with Gasteiger partial charge in [0.05, 0.1) is 16.8 Å². The number of unbranched alkanes of at least 4 members (excludes halogenated alkanes) is 1. The molecule has 0 saturated heterocycles. The molecule has 0 aliphatic rings. The SMILES string of the molecule is CCCCNc1ccnn1-c1ccc([N+](=O)[O-])cc1. The van der Waals surface area contributed by atoms with Gasteiger partial charge in [-0.3, -0.25) is 10.1 Å². The zero-order chi connectivity index (χ0) is 13.7. The molecule has 2 aromatic rings. The molecule has 1 aromatic heterocycles. The molecule has 0 aliphatic carbocycles. The first-order valence-electron chi connectivity index (χ1n) is 6.25. The van der Waals surface area contributed by atoms with Crippen LogP contribution in [0.1, 0.15) is 19.8 Å². The summed E-state index contributed by atoms with van der Waals surface area (Å²) < 4.78 is 1.74. The van der Waals surface area contributed by atoms with Crippen LogP contribution in [-0.2, 0) is 0 Å². The largest absolute Gasteiger partial charge is 0.370 e. The highest BCUT2D eigenvalue weighted by atomic mass is 16.6. The maximum atomic E-state index is 10.6. The van der Waals surface area contributed by atoms with Crippen LogP contribution in [0.3, 0.4) is 0 Å². The Kier molecular flexibility index (Phi) is 4.12. The van der Waals surface area contributed by atoms with E-state index in [0.29, 0.717) is 0 Å². The summed E-state index contributed by atoms with van der Waals surface area (Å²) in [7, 11) is 0. The zero-order valence-electron chi connectivity index (χ0n) is 10.7. The van der Waals surface area contributed by atoms with Gasteiger partial charge < -0.3 is 5.32 Å². The molecule has 2 rings (SSSR count). The van der Waals surface area contributed by atoms with Crippen molar-refractivity contribution < 1.29 is 4.92 Å². The van der Waals surface area contributed by atoms with Crippen molar-refractivity contribution in [2.24, 2.45) is 0 Å². The second-order valence-electron chi connectivity index (χ2n) is 4.18. The lowest BCUT2D eigenvalue weighted by Gasteiger charge is -2.09. The van der Waals surface area contributed by atoms with Crippen LogP contribution >= 0.6 is 0 Å². The van der Waals surface area contributed by atoms with Gasteiger partial charge in [-0.15, -0.1) is 0 Å². The zero-order valence-corrected chi connectivity index (χ0v) is 10.7. The number of anilines is 1. The van der Waals surface area contributed by atoms with E-state index >= 15 is 0 Å². The van der Waals surface area contributed by atoms with Crippen LogP contribution in [-0.4, -0.2) is 21.2 Å². The number of benzene rings is 1. The summed E-state index contributed by atoms with van der Waals surface area (Å²) >= 11 is 0. The van der Waals surface area contributed by atoms with E-state index in [1.54, 1.807) is 23.0 Å². The van der Waals surface area contributed by atoms with Crippen molar-refractivity contribution in [1.29, 1.82) is 0 Å². The normalized spacial score (nSPS) is 10.4. The van der Waals surface area contributed by atoms with Gasteiger partial charge in [-0.25, -0.2) is 4.68 Å². The van der Waals surface area contributed by atoms with Crippen molar-refractivity contribution in [2.75, 3.05) is 11.9 Å². The molecule has 0 radical (unpaired) electrons. The summed E-state index contributed by atoms with van der Waals surface area (Å²) in [4.78, 5) is 10.2. The Morgan fingerprint density at radius 3 is 2.68 bits per heavy atom. The molecule has 1 N–H and O–H groups in total. The third-order valence-electron chi connectivity index (χ3n) is 2.78. The smallest absolute Gasteiger partial charge is 0.269 e.